The van der Waals surface area contributed by atoms with Gasteiger partial charge in [0.1, 0.15) is 17.3 Å². The van der Waals surface area contributed by atoms with Crippen LogP contribution < -0.4 is 9.47 Å². The number of nitrogens with one attached hydrogen (secondary N) is 1. The fourth-order valence-electron chi connectivity index (χ4n) is 1.80. The molecular weight excluding hydrogens is 248 g/mol. The lowest BCUT2D eigenvalue weighted by atomic mass is 10.2. The number of nitrogens with zero attached hydrogens (tertiary/aromatic N) is 1. The predicted octanol–water partition coefficient (Wildman–Crippen LogP) is 2.10. The molecule has 0 radical (unpaired) electrons. The third-order valence-electron chi connectivity index (χ3n) is 2.75. The number of benzene rings is 1. The molecule has 0 atom stereocenters. The zero-order chi connectivity index (χ0) is 14.0. The molecule has 0 aliphatic carbocycles. The number of aromatic carboxylic acids is 1. The van der Waals surface area contributed by atoms with Crippen molar-refractivity contribution in [1.82, 2.24) is 9.97 Å². The summed E-state index contributed by atoms with van der Waals surface area (Å²) in [6.07, 6.45) is 0. The summed E-state index contributed by atoms with van der Waals surface area (Å²) < 4.78 is 10.4. The highest BCUT2D eigenvalue weighted by Crippen LogP contribution is 2.32. The van der Waals surface area contributed by atoms with Gasteiger partial charge in [-0.15, -0.1) is 0 Å². The van der Waals surface area contributed by atoms with Crippen LogP contribution in [0.15, 0.2) is 18.2 Å². The number of imidazole rings is 1. The Morgan fingerprint density at radius 1 is 1.32 bits per heavy atom. The molecule has 0 amide bonds. The predicted molar refractivity (Wildman–Crippen MR) is 68.8 cm³/mol. The Hall–Kier alpha value is -2.50. The average molecular weight is 262 g/mol. The van der Waals surface area contributed by atoms with Gasteiger partial charge in [-0.05, 0) is 25.1 Å². The monoisotopic (exact) mass is 262 g/mol. The molecule has 2 aromatic rings. The summed E-state index contributed by atoms with van der Waals surface area (Å²) in [6, 6.07) is 5.24. The number of rotatable bonds is 4. The SMILES string of the molecule is COc1ccc(OC)c(-c2nc(C(=O)O)c(C)[nH]2)c1. The van der Waals surface area contributed by atoms with Gasteiger partial charge in [0.2, 0.25) is 0 Å². The molecule has 2 rings (SSSR count). The first-order valence-electron chi connectivity index (χ1n) is 5.59. The highest BCUT2D eigenvalue weighted by molar-refractivity contribution is 5.87. The Kier molecular flexibility index (Phi) is 3.41. The zero-order valence-corrected chi connectivity index (χ0v) is 10.9. The molecule has 2 N–H and O–H groups in total. The smallest absolute Gasteiger partial charge is 0.356 e. The highest BCUT2D eigenvalue weighted by Gasteiger charge is 2.17. The summed E-state index contributed by atoms with van der Waals surface area (Å²) >= 11 is 0. The van der Waals surface area contributed by atoms with Crippen LogP contribution in [0.1, 0.15) is 16.2 Å². The molecular formula is C13H14N2O4. The number of aromatic amines is 1. The number of hydrogen-bond acceptors (Lipinski definition) is 4. The van der Waals surface area contributed by atoms with E-state index in [1.165, 1.54) is 0 Å². The van der Waals surface area contributed by atoms with Crippen LogP contribution in [-0.2, 0) is 0 Å². The second-order valence-corrected chi connectivity index (χ2v) is 3.93. The van der Waals surface area contributed by atoms with Crippen molar-refractivity contribution in [2.45, 2.75) is 6.92 Å². The Bertz CT molecular complexity index is 619. The molecule has 19 heavy (non-hydrogen) atoms. The van der Waals surface area contributed by atoms with Gasteiger partial charge in [-0.25, -0.2) is 9.78 Å². The number of ether oxygens (including phenoxy) is 2. The average Bonchev–Trinajstić information content (AvgIpc) is 2.80. The van der Waals surface area contributed by atoms with Crippen molar-refractivity contribution in [3.05, 3.63) is 29.6 Å². The second kappa shape index (κ2) is 5.01. The van der Waals surface area contributed by atoms with E-state index in [9.17, 15) is 4.79 Å². The summed E-state index contributed by atoms with van der Waals surface area (Å²) in [6.45, 7) is 1.66. The van der Waals surface area contributed by atoms with E-state index in [-0.39, 0.29) is 5.69 Å². The van der Waals surface area contributed by atoms with Gasteiger partial charge in [-0.1, -0.05) is 0 Å². The zero-order valence-electron chi connectivity index (χ0n) is 10.9. The lowest BCUT2D eigenvalue weighted by Gasteiger charge is -2.08. The molecule has 0 fully saturated rings. The van der Waals surface area contributed by atoms with Gasteiger partial charge in [0.15, 0.2) is 5.69 Å². The van der Waals surface area contributed by atoms with Crippen molar-refractivity contribution >= 4 is 5.97 Å². The number of hydrogen-bond donors (Lipinski definition) is 2. The number of methoxy groups -OCH3 is 2. The van der Waals surface area contributed by atoms with Crippen LogP contribution in [-0.4, -0.2) is 35.3 Å². The molecule has 100 valence electrons. The molecule has 0 spiro atoms. The van der Waals surface area contributed by atoms with Crippen LogP contribution in [0, 0.1) is 6.92 Å². The molecule has 6 nitrogen and oxygen atoms in total. The van der Waals surface area contributed by atoms with E-state index < -0.39 is 5.97 Å². The third-order valence-corrected chi connectivity index (χ3v) is 2.75. The first-order valence-corrected chi connectivity index (χ1v) is 5.59. The van der Waals surface area contributed by atoms with Crippen LogP contribution in [0.4, 0.5) is 0 Å². The number of carbonyl (C=O) groups is 1. The summed E-state index contributed by atoms with van der Waals surface area (Å²) in [5, 5.41) is 9.01. The fourth-order valence-corrected chi connectivity index (χ4v) is 1.80. The van der Waals surface area contributed by atoms with E-state index in [2.05, 4.69) is 9.97 Å². The lowest BCUT2D eigenvalue weighted by molar-refractivity contribution is 0.0690. The molecule has 1 aromatic heterocycles. The van der Waals surface area contributed by atoms with Crippen LogP contribution >= 0.6 is 0 Å². The number of aryl methyl sites for hydroxylation is 1. The van der Waals surface area contributed by atoms with Crippen LogP contribution in [0.2, 0.25) is 0 Å². The Morgan fingerprint density at radius 2 is 2.05 bits per heavy atom. The lowest BCUT2D eigenvalue weighted by Crippen LogP contribution is -1.98. The summed E-state index contributed by atoms with van der Waals surface area (Å²) in [5.41, 5.74) is 1.14. The maximum atomic E-state index is 11.0. The van der Waals surface area contributed by atoms with E-state index in [0.717, 1.165) is 0 Å². The maximum Gasteiger partial charge on any atom is 0.356 e. The first kappa shape index (κ1) is 12.9. The Balaban J connectivity index is 2.57. The molecule has 0 aliphatic rings. The topological polar surface area (TPSA) is 84.4 Å². The van der Waals surface area contributed by atoms with E-state index in [1.807, 2.05) is 0 Å². The van der Waals surface area contributed by atoms with Crippen LogP contribution in [0.3, 0.4) is 0 Å². The summed E-state index contributed by atoms with van der Waals surface area (Å²) in [4.78, 5) is 18.0. The molecule has 0 aliphatic heterocycles. The molecule has 1 heterocycles. The van der Waals surface area contributed by atoms with E-state index in [1.54, 1.807) is 39.3 Å². The van der Waals surface area contributed by atoms with Crippen LogP contribution in [0.5, 0.6) is 11.5 Å². The van der Waals surface area contributed by atoms with Gasteiger partial charge in [0.05, 0.1) is 19.8 Å². The number of aromatic nitrogens is 2. The minimum absolute atomic E-state index is 0.000118. The minimum atomic E-state index is -1.07. The van der Waals surface area contributed by atoms with Gasteiger partial charge in [0, 0.05) is 5.69 Å². The quantitative estimate of drug-likeness (QED) is 0.881. The fraction of sp³-hybridized carbons (Fsp3) is 0.231. The van der Waals surface area contributed by atoms with Crippen molar-refractivity contribution in [1.29, 1.82) is 0 Å². The molecule has 0 bridgehead atoms. The third kappa shape index (κ3) is 2.37. The van der Waals surface area contributed by atoms with Crippen molar-refractivity contribution in [2.24, 2.45) is 0 Å². The van der Waals surface area contributed by atoms with Crippen molar-refractivity contribution in [3.63, 3.8) is 0 Å². The Labute approximate surface area is 110 Å². The number of carboxylic acid groups (broad SMARTS) is 1. The summed E-state index contributed by atoms with van der Waals surface area (Å²) in [5.74, 6) is 0.598. The van der Waals surface area contributed by atoms with E-state index in [0.29, 0.717) is 28.6 Å². The largest absolute Gasteiger partial charge is 0.497 e. The maximum absolute atomic E-state index is 11.0. The molecule has 0 saturated heterocycles. The van der Waals surface area contributed by atoms with Crippen LogP contribution in [0.25, 0.3) is 11.4 Å². The molecule has 0 saturated carbocycles. The van der Waals surface area contributed by atoms with Crippen molar-refractivity contribution in [2.75, 3.05) is 14.2 Å². The summed E-state index contributed by atoms with van der Waals surface area (Å²) in [7, 11) is 3.10. The van der Waals surface area contributed by atoms with Crippen molar-refractivity contribution < 1.29 is 19.4 Å². The van der Waals surface area contributed by atoms with Gasteiger partial charge in [0.25, 0.3) is 0 Å². The normalized spacial score (nSPS) is 10.3. The van der Waals surface area contributed by atoms with Gasteiger partial charge < -0.3 is 19.6 Å². The first-order chi connectivity index (χ1) is 9.06. The standard InChI is InChI=1S/C13H14N2O4/c1-7-11(13(16)17)15-12(14-7)9-6-8(18-2)4-5-10(9)19-3/h4-6H,1-3H3,(H,14,15)(H,16,17). The van der Waals surface area contributed by atoms with E-state index >= 15 is 0 Å². The second-order valence-electron chi connectivity index (χ2n) is 3.93. The molecule has 6 heteroatoms. The van der Waals surface area contributed by atoms with Gasteiger partial charge in [-0.3, -0.25) is 0 Å². The van der Waals surface area contributed by atoms with Gasteiger partial charge in [-0.2, -0.15) is 0 Å². The van der Waals surface area contributed by atoms with Crippen molar-refractivity contribution in [3.8, 4) is 22.9 Å². The minimum Gasteiger partial charge on any atom is -0.497 e. The van der Waals surface area contributed by atoms with E-state index in [4.69, 9.17) is 14.6 Å². The van der Waals surface area contributed by atoms with Gasteiger partial charge >= 0.3 is 5.97 Å². The number of carboxylic acids is 1. The highest BCUT2D eigenvalue weighted by atomic mass is 16.5. The number of H-pyrrole nitrogens is 1. The molecule has 0 unspecified atom stereocenters. The Morgan fingerprint density at radius 3 is 2.58 bits per heavy atom. The molecule has 1 aromatic carbocycles.